The molecule has 2 saturated carbocycles. The van der Waals surface area contributed by atoms with E-state index in [0.29, 0.717) is 5.92 Å². The molecule has 0 unspecified atom stereocenters. The van der Waals surface area contributed by atoms with Gasteiger partial charge in [0.2, 0.25) is 0 Å². The molecule has 2 heteroatoms. The van der Waals surface area contributed by atoms with E-state index in [1.807, 2.05) is 0 Å². The Morgan fingerprint density at radius 2 is 1.67 bits per heavy atom. The zero-order valence-electron chi connectivity index (χ0n) is 17.2. The van der Waals surface area contributed by atoms with E-state index in [0.717, 1.165) is 37.5 Å². The normalized spacial score (nSPS) is 29.0. The lowest BCUT2D eigenvalue weighted by molar-refractivity contribution is -0.146. The summed E-state index contributed by atoms with van der Waals surface area (Å²) in [5, 5.41) is 0. The molecule has 0 amide bonds. The van der Waals surface area contributed by atoms with Crippen LogP contribution >= 0.6 is 0 Å². The maximum absolute atomic E-state index is 11.7. The van der Waals surface area contributed by atoms with E-state index in [2.05, 4.69) is 43.3 Å². The molecule has 0 bridgehead atoms. The number of allylic oxidation sites excluding steroid dienone is 1. The number of benzene rings is 1. The summed E-state index contributed by atoms with van der Waals surface area (Å²) in [6.45, 7) is 2.31. The molecular formula is C25H36O2. The van der Waals surface area contributed by atoms with Gasteiger partial charge in [-0.05, 0) is 80.2 Å². The number of ether oxygens (including phenoxy) is 1. The number of methoxy groups -OCH3 is 1. The standard InChI is InChI=1S/C25H36O2/c1-3-4-19-5-7-20(8-6-19)9-10-21-11-13-22(14-12-21)23-15-17-24(18-16-23)25(26)27-2/h9-14,19-20,23-24H,3-8,15-18H2,1-2H3/b10-9-. The highest BCUT2D eigenvalue weighted by Crippen LogP contribution is 2.36. The van der Waals surface area contributed by atoms with Crippen LogP contribution in [0.3, 0.4) is 0 Å². The van der Waals surface area contributed by atoms with Crippen LogP contribution in [0.1, 0.15) is 88.2 Å². The van der Waals surface area contributed by atoms with Crippen molar-refractivity contribution in [1.82, 2.24) is 0 Å². The quantitative estimate of drug-likeness (QED) is 0.519. The topological polar surface area (TPSA) is 26.3 Å². The molecule has 148 valence electrons. The predicted octanol–water partition coefficient (Wildman–Crippen LogP) is 6.75. The SMILES string of the molecule is CCCC1CCC(/C=C\c2ccc(C3CCC(C(=O)OC)CC3)cc2)CC1. The Morgan fingerprint density at radius 3 is 2.26 bits per heavy atom. The van der Waals surface area contributed by atoms with Crippen LogP contribution in [-0.2, 0) is 9.53 Å². The van der Waals surface area contributed by atoms with E-state index in [9.17, 15) is 4.79 Å². The van der Waals surface area contributed by atoms with E-state index in [1.54, 1.807) is 0 Å². The van der Waals surface area contributed by atoms with Gasteiger partial charge in [-0.2, -0.15) is 0 Å². The van der Waals surface area contributed by atoms with Crippen molar-refractivity contribution in [2.75, 3.05) is 7.11 Å². The van der Waals surface area contributed by atoms with E-state index >= 15 is 0 Å². The Hall–Kier alpha value is -1.57. The van der Waals surface area contributed by atoms with Crippen molar-refractivity contribution in [2.24, 2.45) is 17.8 Å². The first-order valence-corrected chi connectivity index (χ1v) is 11.1. The zero-order chi connectivity index (χ0) is 19.1. The fourth-order valence-electron chi connectivity index (χ4n) is 5.03. The zero-order valence-corrected chi connectivity index (χ0v) is 17.2. The molecule has 2 aliphatic rings. The van der Waals surface area contributed by atoms with Crippen LogP contribution < -0.4 is 0 Å². The predicted molar refractivity (Wildman–Crippen MR) is 113 cm³/mol. The molecular weight excluding hydrogens is 332 g/mol. The fraction of sp³-hybridized carbons (Fsp3) is 0.640. The smallest absolute Gasteiger partial charge is 0.308 e. The second kappa shape index (κ2) is 10.1. The first-order chi connectivity index (χ1) is 13.2. The highest BCUT2D eigenvalue weighted by atomic mass is 16.5. The molecule has 3 rings (SSSR count). The van der Waals surface area contributed by atoms with Gasteiger partial charge in [0.1, 0.15) is 0 Å². The Labute approximate surface area is 165 Å². The second-order valence-corrected chi connectivity index (χ2v) is 8.67. The Balaban J connectivity index is 1.47. The van der Waals surface area contributed by atoms with Gasteiger partial charge >= 0.3 is 5.97 Å². The van der Waals surface area contributed by atoms with Gasteiger partial charge in [0.25, 0.3) is 0 Å². The summed E-state index contributed by atoms with van der Waals surface area (Å²) in [5.74, 6) is 2.43. The monoisotopic (exact) mass is 368 g/mol. The number of rotatable bonds is 6. The molecule has 0 atom stereocenters. The first kappa shape index (κ1) is 20.2. The molecule has 2 nitrogen and oxygen atoms in total. The number of carbonyl (C=O) groups is 1. The maximum atomic E-state index is 11.7. The van der Waals surface area contributed by atoms with Crippen molar-refractivity contribution in [1.29, 1.82) is 0 Å². The van der Waals surface area contributed by atoms with Gasteiger partial charge in [-0.1, -0.05) is 56.2 Å². The van der Waals surface area contributed by atoms with Gasteiger partial charge < -0.3 is 4.74 Å². The third kappa shape index (κ3) is 5.70. The average molecular weight is 369 g/mol. The third-order valence-corrected chi connectivity index (χ3v) is 6.82. The Kier molecular flexibility index (Phi) is 7.55. The molecule has 0 radical (unpaired) electrons. The largest absolute Gasteiger partial charge is 0.469 e. The molecule has 27 heavy (non-hydrogen) atoms. The van der Waals surface area contributed by atoms with Crippen molar-refractivity contribution in [3.63, 3.8) is 0 Å². The summed E-state index contributed by atoms with van der Waals surface area (Å²) in [5.41, 5.74) is 2.74. The molecule has 1 aromatic carbocycles. The summed E-state index contributed by atoms with van der Waals surface area (Å²) < 4.78 is 4.89. The minimum atomic E-state index is -0.0299. The van der Waals surface area contributed by atoms with Crippen molar-refractivity contribution in [3.05, 3.63) is 41.5 Å². The van der Waals surface area contributed by atoms with Crippen LogP contribution in [0, 0.1) is 17.8 Å². The average Bonchev–Trinajstić information content (AvgIpc) is 2.73. The maximum Gasteiger partial charge on any atom is 0.308 e. The Morgan fingerprint density at radius 1 is 1.00 bits per heavy atom. The van der Waals surface area contributed by atoms with Crippen molar-refractivity contribution in [3.8, 4) is 0 Å². The van der Waals surface area contributed by atoms with Gasteiger partial charge in [-0.3, -0.25) is 4.79 Å². The van der Waals surface area contributed by atoms with Crippen LogP contribution in [0.5, 0.6) is 0 Å². The molecule has 0 spiro atoms. The van der Waals surface area contributed by atoms with Crippen molar-refractivity contribution >= 4 is 12.0 Å². The Bertz CT molecular complexity index is 600. The molecule has 0 N–H and O–H groups in total. The number of esters is 1. The summed E-state index contributed by atoms with van der Waals surface area (Å²) >= 11 is 0. The van der Waals surface area contributed by atoms with Gasteiger partial charge in [-0.15, -0.1) is 0 Å². The van der Waals surface area contributed by atoms with Crippen LogP contribution in [0.4, 0.5) is 0 Å². The van der Waals surface area contributed by atoms with Gasteiger partial charge in [0, 0.05) is 0 Å². The minimum absolute atomic E-state index is 0.0299. The molecule has 2 fully saturated rings. The lowest BCUT2D eigenvalue weighted by atomic mass is 9.78. The van der Waals surface area contributed by atoms with E-state index < -0.39 is 0 Å². The molecule has 0 aliphatic heterocycles. The minimum Gasteiger partial charge on any atom is -0.469 e. The van der Waals surface area contributed by atoms with Gasteiger partial charge in [0.15, 0.2) is 0 Å². The van der Waals surface area contributed by atoms with Crippen LogP contribution in [-0.4, -0.2) is 13.1 Å². The highest BCUT2D eigenvalue weighted by molar-refractivity contribution is 5.72. The van der Waals surface area contributed by atoms with Crippen molar-refractivity contribution < 1.29 is 9.53 Å². The summed E-state index contributed by atoms with van der Waals surface area (Å²) in [6.07, 6.45) is 17.2. The summed E-state index contributed by atoms with van der Waals surface area (Å²) in [4.78, 5) is 11.7. The van der Waals surface area contributed by atoms with E-state index in [-0.39, 0.29) is 11.9 Å². The molecule has 2 aliphatic carbocycles. The highest BCUT2D eigenvalue weighted by Gasteiger charge is 2.27. The van der Waals surface area contributed by atoms with E-state index in [1.165, 1.54) is 56.8 Å². The number of carbonyl (C=O) groups excluding carboxylic acids is 1. The number of hydrogen-bond acceptors (Lipinski definition) is 2. The van der Waals surface area contributed by atoms with Gasteiger partial charge in [-0.25, -0.2) is 0 Å². The molecule has 0 heterocycles. The van der Waals surface area contributed by atoms with Crippen LogP contribution in [0.15, 0.2) is 30.3 Å². The molecule has 0 saturated heterocycles. The lowest BCUT2D eigenvalue weighted by Gasteiger charge is -2.27. The second-order valence-electron chi connectivity index (χ2n) is 8.67. The van der Waals surface area contributed by atoms with Crippen LogP contribution in [0.2, 0.25) is 0 Å². The van der Waals surface area contributed by atoms with Crippen LogP contribution in [0.25, 0.3) is 6.08 Å². The lowest BCUT2D eigenvalue weighted by Crippen LogP contribution is -2.22. The van der Waals surface area contributed by atoms with E-state index in [4.69, 9.17) is 4.74 Å². The van der Waals surface area contributed by atoms with Gasteiger partial charge in [0.05, 0.1) is 13.0 Å². The first-order valence-electron chi connectivity index (χ1n) is 11.1. The van der Waals surface area contributed by atoms with Crippen molar-refractivity contribution in [2.45, 2.75) is 77.0 Å². The molecule has 1 aromatic rings. The number of hydrogen-bond donors (Lipinski definition) is 0. The fourth-order valence-corrected chi connectivity index (χ4v) is 5.03. The molecule has 0 aromatic heterocycles. The third-order valence-electron chi connectivity index (χ3n) is 6.82. The summed E-state index contributed by atoms with van der Waals surface area (Å²) in [7, 11) is 1.50. The summed E-state index contributed by atoms with van der Waals surface area (Å²) in [6, 6.07) is 9.11.